The molecule has 6 saturated carbocycles. The fourth-order valence-electron chi connectivity index (χ4n) is 7.50. The Morgan fingerprint density at radius 1 is 1.21 bits per heavy atom. The summed E-state index contributed by atoms with van der Waals surface area (Å²) in [4.78, 5) is 4.87. The van der Waals surface area contributed by atoms with Gasteiger partial charge in [-0.3, -0.25) is 0 Å². The van der Waals surface area contributed by atoms with E-state index >= 15 is 0 Å². The Hall–Kier alpha value is 1.30. The summed E-state index contributed by atoms with van der Waals surface area (Å²) < 4.78 is 1.64. The van der Waals surface area contributed by atoms with Crippen LogP contribution < -0.4 is 5.39 Å². The van der Waals surface area contributed by atoms with Crippen LogP contribution in [0.15, 0.2) is 0 Å². The van der Waals surface area contributed by atoms with E-state index in [1.165, 1.54) is 6.42 Å². The SMILES string of the molecule is [O-][NH+](O)OCC[C@@]12[C@@H]3[C@@H]4C[C@@H]5[C@H]3[C@H](I)[C@H]1[C@@H]5[C@H]4[C@H]2I. The lowest BCUT2D eigenvalue weighted by Crippen LogP contribution is -3.03. The van der Waals surface area contributed by atoms with Crippen molar-refractivity contribution in [1.29, 1.82) is 0 Å². The largest absolute Gasteiger partial charge is 0.566 e. The minimum Gasteiger partial charge on any atom is -0.566 e. The molecular weight excluding hydrogens is 472 g/mol. The monoisotopic (exact) mass is 489 g/mol. The van der Waals surface area contributed by atoms with E-state index in [0.29, 0.717) is 12.0 Å². The highest BCUT2D eigenvalue weighted by molar-refractivity contribution is 14.1. The van der Waals surface area contributed by atoms with Gasteiger partial charge >= 0.3 is 0 Å². The zero-order valence-corrected chi connectivity index (χ0v) is 14.7. The Bertz CT molecular complexity index is 446. The molecule has 106 valence electrons. The number of hydrogen-bond donors (Lipinski definition) is 2. The van der Waals surface area contributed by atoms with E-state index in [-0.39, 0.29) is 0 Å². The van der Waals surface area contributed by atoms with Gasteiger partial charge in [-0.25, -0.2) is 0 Å². The van der Waals surface area contributed by atoms with Crippen molar-refractivity contribution >= 4 is 45.2 Å². The van der Waals surface area contributed by atoms with Crippen molar-refractivity contribution in [1.82, 2.24) is 0 Å². The molecule has 1 unspecified atom stereocenters. The van der Waals surface area contributed by atoms with Crippen LogP contribution in [-0.2, 0) is 4.84 Å². The first-order chi connectivity index (χ1) is 9.09. The van der Waals surface area contributed by atoms with Crippen LogP contribution >= 0.6 is 45.2 Å². The molecule has 0 heterocycles. The molecular formula is C13H17I2NO3. The highest BCUT2D eigenvalue weighted by Gasteiger charge is 2.87. The van der Waals surface area contributed by atoms with Crippen molar-refractivity contribution in [3.63, 3.8) is 0 Å². The van der Waals surface area contributed by atoms with Gasteiger partial charge in [-0.05, 0) is 59.7 Å². The predicted molar refractivity (Wildman–Crippen MR) is 83.8 cm³/mol. The van der Waals surface area contributed by atoms with Crippen molar-refractivity contribution in [3.05, 3.63) is 5.21 Å². The number of quaternary nitrogens is 1. The second kappa shape index (κ2) is 3.79. The molecule has 6 rings (SSSR count). The van der Waals surface area contributed by atoms with Gasteiger partial charge in [0.25, 0.3) is 0 Å². The molecule has 2 N–H and O–H groups in total. The van der Waals surface area contributed by atoms with E-state index < -0.39 is 5.39 Å². The van der Waals surface area contributed by atoms with Crippen LogP contribution in [0.3, 0.4) is 0 Å². The van der Waals surface area contributed by atoms with Gasteiger partial charge < -0.3 is 5.21 Å². The number of nitrogens with one attached hydrogen (secondary N) is 1. The predicted octanol–water partition coefficient (Wildman–Crippen LogP) is 1.45. The molecule has 6 bridgehead atoms. The molecule has 6 aliphatic rings. The van der Waals surface area contributed by atoms with Gasteiger partial charge in [0.15, 0.2) is 0 Å². The van der Waals surface area contributed by atoms with E-state index in [9.17, 15) is 5.21 Å². The van der Waals surface area contributed by atoms with Gasteiger partial charge in [0.05, 0.1) is 0 Å². The normalized spacial score (nSPS) is 67.9. The fraction of sp³-hybridized carbons (Fsp3) is 1.00. The van der Waals surface area contributed by atoms with Crippen molar-refractivity contribution in [2.75, 3.05) is 6.61 Å². The summed E-state index contributed by atoms with van der Waals surface area (Å²) in [7, 11) is 0. The lowest BCUT2D eigenvalue weighted by Gasteiger charge is -2.42. The molecule has 6 aliphatic carbocycles. The quantitative estimate of drug-likeness (QED) is 0.358. The summed E-state index contributed by atoms with van der Waals surface area (Å²) in [5.74, 6) is 6.68. The number of rotatable bonds is 4. The zero-order chi connectivity index (χ0) is 13.1. The molecule has 11 atom stereocenters. The number of halogens is 2. The maximum Gasteiger partial charge on any atom is 0.111 e. The van der Waals surface area contributed by atoms with Crippen LogP contribution in [0.5, 0.6) is 0 Å². The maximum absolute atomic E-state index is 10.6. The van der Waals surface area contributed by atoms with Gasteiger partial charge in [-0.1, -0.05) is 50.6 Å². The molecule has 4 nitrogen and oxygen atoms in total. The first kappa shape index (κ1) is 12.8. The third kappa shape index (κ3) is 1.17. The second-order valence-corrected chi connectivity index (χ2v) is 9.95. The van der Waals surface area contributed by atoms with Crippen LogP contribution in [0.1, 0.15) is 12.8 Å². The number of alkyl halides is 2. The molecule has 0 aliphatic heterocycles. The van der Waals surface area contributed by atoms with Gasteiger partial charge in [0, 0.05) is 7.85 Å². The van der Waals surface area contributed by atoms with E-state index in [1.54, 1.807) is 0 Å². The summed E-state index contributed by atoms with van der Waals surface area (Å²) in [6.45, 7) is 0.411. The Morgan fingerprint density at radius 3 is 2.74 bits per heavy atom. The molecule has 19 heavy (non-hydrogen) atoms. The summed E-state index contributed by atoms with van der Waals surface area (Å²) in [6.07, 6.45) is 2.47. The first-order valence-corrected chi connectivity index (χ1v) is 9.72. The zero-order valence-electron chi connectivity index (χ0n) is 10.3. The fourth-order valence-corrected chi connectivity index (χ4v) is 11.8. The van der Waals surface area contributed by atoms with Crippen LogP contribution in [0.4, 0.5) is 0 Å². The smallest absolute Gasteiger partial charge is 0.111 e. The van der Waals surface area contributed by atoms with Crippen molar-refractivity contribution in [2.24, 2.45) is 46.8 Å². The molecule has 0 saturated heterocycles. The highest BCUT2D eigenvalue weighted by atomic mass is 127. The number of hydrogen-bond acceptors (Lipinski definition) is 3. The van der Waals surface area contributed by atoms with E-state index in [4.69, 9.17) is 10.0 Å². The Morgan fingerprint density at radius 2 is 2.00 bits per heavy atom. The van der Waals surface area contributed by atoms with Crippen LogP contribution in [0, 0.1) is 52.0 Å². The minimum absolute atomic E-state index is 0.411. The summed E-state index contributed by atoms with van der Waals surface area (Å²) in [6, 6.07) is 0. The third-order valence-corrected chi connectivity index (χ3v) is 10.9. The van der Waals surface area contributed by atoms with Crippen LogP contribution in [0.2, 0.25) is 0 Å². The highest BCUT2D eigenvalue weighted by Crippen LogP contribution is 2.89. The van der Waals surface area contributed by atoms with E-state index in [1.807, 2.05) is 0 Å². The topological polar surface area (TPSA) is 57.0 Å². The van der Waals surface area contributed by atoms with Crippen molar-refractivity contribution in [3.8, 4) is 0 Å². The molecule has 0 aromatic rings. The Balaban J connectivity index is 1.51. The van der Waals surface area contributed by atoms with Crippen molar-refractivity contribution < 1.29 is 15.4 Å². The average Bonchev–Trinajstić information content (AvgIpc) is 3.05. The minimum atomic E-state index is -1.11. The molecule has 0 radical (unpaired) electrons. The lowest BCUT2D eigenvalue weighted by molar-refractivity contribution is -1.21. The van der Waals surface area contributed by atoms with Crippen LogP contribution in [-0.4, -0.2) is 19.7 Å². The molecule has 6 heteroatoms. The van der Waals surface area contributed by atoms with Crippen LogP contribution in [0.25, 0.3) is 0 Å². The Kier molecular flexibility index (Phi) is 2.55. The molecule has 0 aromatic heterocycles. The Labute approximate surface area is 139 Å². The van der Waals surface area contributed by atoms with Gasteiger partial charge in [0.1, 0.15) is 6.61 Å². The maximum atomic E-state index is 10.6. The molecule has 0 amide bonds. The van der Waals surface area contributed by atoms with E-state index in [0.717, 1.165) is 55.7 Å². The molecule has 6 fully saturated rings. The molecule has 0 spiro atoms. The van der Waals surface area contributed by atoms with Gasteiger partial charge in [0.2, 0.25) is 0 Å². The summed E-state index contributed by atoms with van der Waals surface area (Å²) in [5, 5.41) is 18.2. The lowest BCUT2D eigenvalue weighted by atomic mass is 9.62. The summed E-state index contributed by atoms with van der Waals surface area (Å²) >= 11 is 5.44. The van der Waals surface area contributed by atoms with Crippen molar-refractivity contribution in [2.45, 2.75) is 20.7 Å². The van der Waals surface area contributed by atoms with E-state index in [2.05, 4.69) is 45.2 Å². The standard InChI is InChI=1S/C13H17I2NO3/c14-11-8-4-3-5-7-6(4)10(11)13(9(5)8,12(7)15)1-2-19-16(17)18/h4-12,16-17H,1-3H2/t4-,5+,6-,7-,8+,9+,10+,11-,12+,13+/m0/s1. The van der Waals surface area contributed by atoms with Gasteiger partial charge in [-0.15, -0.1) is 0 Å². The third-order valence-electron chi connectivity index (χ3n) is 7.33. The van der Waals surface area contributed by atoms with Gasteiger partial charge in [-0.2, -0.15) is 10.0 Å². The molecule has 0 aromatic carbocycles. The average molecular weight is 489 g/mol. The second-order valence-electron chi connectivity index (χ2n) is 7.17. The summed E-state index contributed by atoms with van der Waals surface area (Å²) in [5.41, 5.74) is 0.430. The first-order valence-electron chi connectivity index (χ1n) is 7.23.